The Balaban J connectivity index is 2.87. The first-order chi connectivity index (χ1) is 5.27. The van der Waals surface area contributed by atoms with Gasteiger partial charge in [0.25, 0.3) is 0 Å². The zero-order chi connectivity index (χ0) is 8.27. The molecule has 0 fully saturated rings. The van der Waals surface area contributed by atoms with E-state index in [9.17, 15) is 0 Å². The van der Waals surface area contributed by atoms with Gasteiger partial charge in [-0.2, -0.15) is 11.3 Å². The zero-order valence-corrected chi connectivity index (χ0v) is 11.3. The SMILES string of the molecule is C=CCc1c[c]([Mg][Br])sc1Br. The highest BCUT2D eigenvalue weighted by atomic mass is 79.9. The zero-order valence-electron chi connectivity index (χ0n) is 5.94. The molecule has 4 heteroatoms. The predicted molar refractivity (Wildman–Crippen MR) is 60.2 cm³/mol. The van der Waals surface area contributed by atoms with Crippen molar-refractivity contribution in [1.82, 2.24) is 0 Å². The number of allylic oxidation sites excluding steroid dienone is 1. The lowest BCUT2D eigenvalue weighted by Gasteiger charge is -1.88. The molecule has 0 N–H and O–H groups in total. The van der Waals surface area contributed by atoms with Crippen molar-refractivity contribution in [3.63, 3.8) is 0 Å². The van der Waals surface area contributed by atoms with Crippen molar-refractivity contribution in [3.8, 4) is 0 Å². The van der Waals surface area contributed by atoms with E-state index in [-0.39, 0.29) is 18.2 Å². The summed E-state index contributed by atoms with van der Waals surface area (Å²) < 4.78 is 2.76. The summed E-state index contributed by atoms with van der Waals surface area (Å²) in [6.45, 7) is 3.72. The molecular weight excluding hydrogens is 300 g/mol. The summed E-state index contributed by atoms with van der Waals surface area (Å²) >= 11 is 8.77. The molecule has 0 atom stereocenters. The van der Waals surface area contributed by atoms with Crippen LogP contribution in [0.5, 0.6) is 0 Å². The summed E-state index contributed by atoms with van der Waals surface area (Å²) in [5, 5.41) is 0. The average molecular weight is 306 g/mol. The van der Waals surface area contributed by atoms with Crippen LogP contribution in [0.15, 0.2) is 22.5 Å². The van der Waals surface area contributed by atoms with Gasteiger partial charge in [-0.15, -0.1) is 9.59 Å². The second-order valence-electron chi connectivity index (χ2n) is 2.14. The van der Waals surface area contributed by atoms with Gasteiger partial charge in [0.2, 0.25) is 0 Å². The number of halogens is 2. The summed E-state index contributed by atoms with van der Waals surface area (Å²) in [6, 6.07) is 2.26. The topological polar surface area (TPSA) is 0 Å². The van der Waals surface area contributed by atoms with Gasteiger partial charge < -0.3 is 0 Å². The Morgan fingerprint density at radius 2 is 2.45 bits per heavy atom. The predicted octanol–water partition coefficient (Wildman–Crippen LogP) is 2.88. The first kappa shape index (κ1) is 10.2. The monoisotopic (exact) mass is 304 g/mol. The van der Waals surface area contributed by atoms with E-state index in [1.807, 2.05) is 17.4 Å². The molecule has 0 radical (unpaired) electrons. The van der Waals surface area contributed by atoms with Crippen molar-refractivity contribution >= 4 is 61.3 Å². The Hall–Kier alpha value is 1.17. The van der Waals surface area contributed by atoms with Gasteiger partial charge in [-0.1, -0.05) is 12.1 Å². The molecule has 56 valence electrons. The highest BCUT2D eigenvalue weighted by molar-refractivity contribution is 9.23. The molecule has 0 nitrogen and oxygen atoms in total. The summed E-state index contributed by atoms with van der Waals surface area (Å²) in [5.74, 6) is 0. The maximum absolute atomic E-state index is 3.72. The average Bonchev–Trinajstić information content (AvgIpc) is 2.33. The van der Waals surface area contributed by atoms with Gasteiger partial charge in [0, 0.05) is 0 Å². The molecule has 0 aliphatic rings. The quantitative estimate of drug-likeness (QED) is 0.595. The molecule has 0 spiro atoms. The fourth-order valence-corrected chi connectivity index (χ4v) is 5.55. The van der Waals surface area contributed by atoms with Crippen LogP contribution in [0.25, 0.3) is 0 Å². The molecule has 11 heavy (non-hydrogen) atoms. The Morgan fingerprint density at radius 3 is 2.91 bits per heavy atom. The lowest BCUT2D eigenvalue weighted by atomic mass is 10.2. The summed E-state index contributed by atoms with van der Waals surface area (Å²) in [7, 11) is 0. The van der Waals surface area contributed by atoms with Crippen molar-refractivity contribution in [1.29, 1.82) is 0 Å². The van der Waals surface area contributed by atoms with Crippen LogP contribution >= 0.6 is 40.2 Å². The van der Waals surface area contributed by atoms with E-state index in [1.165, 1.54) is 12.4 Å². The van der Waals surface area contributed by atoms with E-state index < -0.39 is 0 Å². The van der Waals surface area contributed by atoms with Gasteiger partial charge >= 0.3 is 18.2 Å². The molecule has 1 aromatic heterocycles. The van der Waals surface area contributed by atoms with E-state index in [0.29, 0.717) is 0 Å². The Kier molecular flexibility index (Phi) is 4.67. The third kappa shape index (κ3) is 2.84. The minimum atomic E-state index is -0.160. The van der Waals surface area contributed by atoms with Crippen molar-refractivity contribution in [2.24, 2.45) is 0 Å². The minimum absolute atomic E-state index is 0.160. The molecule has 0 amide bonds. The molecule has 1 aromatic rings. The normalized spacial score (nSPS) is 9.27. The van der Waals surface area contributed by atoms with Crippen LogP contribution in [0.3, 0.4) is 0 Å². The molecule has 0 saturated carbocycles. The van der Waals surface area contributed by atoms with Gasteiger partial charge in [0.1, 0.15) is 0 Å². The minimum Gasteiger partial charge on any atom is -0.295 e. The van der Waals surface area contributed by atoms with Crippen molar-refractivity contribution in [2.75, 3.05) is 0 Å². The Bertz CT molecular complexity index is 257. The fraction of sp³-hybridized carbons (Fsp3) is 0.143. The standard InChI is InChI=1S/C7H6BrS.BrH.Mg/c1-2-3-6-4-5-9-7(6)8;;/h2,4H,1,3H2;1H;/q;;+1/p-1. The van der Waals surface area contributed by atoms with Crippen molar-refractivity contribution < 1.29 is 0 Å². The molecule has 0 unspecified atom stereocenters. The van der Waals surface area contributed by atoms with Gasteiger partial charge in [0.05, 0.1) is 3.79 Å². The Labute approximate surface area is 94.8 Å². The fourth-order valence-electron chi connectivity index (χ4n) is 0.822. The van der Waals surface area contributed by atoms with Gasteiger partial charge in [0.15, 0.2) is 0 Å². The van der Waals surface area contributed by atoms with E-state index in [1.54, 1.807) is 0 Å². The smallest absolute Gasteiger partial charge is 0.295 e. The highest BCUT2D eigenvalue weighted by Crippen LogP contribution is 2.22. The second kappa shape index (κ2) is 5.02. The molecule has 0 saturated heterocycles. The number of rotatable bonds is 3. The molecule has 0 aliphatic heterocycles. The van der Waals surface area contributed by atoms with E-state index in [0.717, 1.165) is 6.42 Å². The molecule has 0 bridgehead atoms. The molecule has 0 aromatic carbocycles. The van der Waals surface area contributed by atoms with Gasteiger partial charge in [-0.05, 0) is 27.9 Å². The summed E-state index contributed by atoms with van der Waals surface area (Å²) in [6.07, 6.45) is 2.91. The lowest BCUT2D eigenvalue weighted by molar-refractivity contribution is 1.30. The third-order valence-electron chi connectivity index (χ3n) is 1.30. The summed E-state index contributed by atoms with van der Waals surface area (Å²) in [5.41, 5.74) is 1.37. The van der Waals surface area contributed by atoms with Crippen LogP contribution in [0.2, 0.25) is 0 Å². The maximum atomic E-state index is 3.72. The van der Waals surface area contributed by atoms with E-state index >= 15 is 0 Å². The second-order valence-corrected chi connectivity index (χ2v) is 7.82. The van der Waals surface area contributed by atoms with Gasteiger partial charge in [-0.25, -0.2) is 0 Å². The van der Waals surface area contributed by atoms with Crippen molar-refractivity contribution in [2.45, 2.75) is 6.42 Å². The van der Waals surface area contributed by atoms with Crippen LogP contribution in [-0.2, 0) is 6.42 Å². The largest absolute Gasteiger partial charge is 0.522 e. The molecular formula is C7H6Br2MgS. The molecule has 1 heterocycles. The number of hydrogen-bond acceptors (Lipinski definition) is 1. The van der Waals surface area contributed by atoms with Gasteiger partial charge in [-0.3, -0.25) is 12.9 Å². The summed E-state index contributed by atoms with van der Waals surface area (Å²) in [4.78, 5) is 0. The third-order valence-corrected chi connectivity index (χ3v) is 7.38. The van der Waals surface area contributed by atoms with Crippen LogP contribution in [0.1, 0.15) is 5.56 Å². The van der Waals surface area contributed by atoms with Crippen LogP contribution < -0.4 is 3.01 Å². The first-order valence-corrected chi connectivity index (χ1v) is 9.43. The van der Waals surface area contributed by atoms with Crippen LogP contribution in [0, 0.1) is 0 Å². The molecule has 0 aliphatic carbocycles. The van der Waals surface area contributed by atoms with E-state index in [2.05, 4.69) is 41.5 Å². The highest BCUT2D eigenvalue weighted by Gasteiger charge is 2.05. The number of hydrogen-bond donors (Lipinski definition) is 0. The van der Waals surface area contributed by atoms with E-state index in [4.69, 9.17) is 0 Å². The molecule has 1 rings (SSSR count). The van der Waals surface area contributed by atoms with Crippen LogP contribution in [0.4, 0.5) is 0 Å². The Morgan fingerprint density at radius 1 is 1.73 bits per heavy atom. The lowest BCUT2D eigenvalue weighted by Crippen LogP contribution is -1.99. The maximum Gasteiger partial charge on any atom is 0.522 e. The number of thiophene rings is 1. The first-order valence-electron chi connectivity index (χ1n) is 3.22. The van der Waals surface area contributed by atoms with Crippen LogP contribution in [-0.4, -0.2) is 18.2 Å². The van der Waals surface area contributed by atoms with Crippen molar-refractivity contribution in [3.05, 3.63) is 28.1 Å².